The first-order valence-electron chi connectivity index (χ1n) is 10.9. The van der Waals surface area contributed by atoms with E-state index in [0.29, 0.717) is 23.7 Å². The van der Waals surface area contributed by atoms with E-state index in [0.717, 1.165) is 49.7 Å². The van der Waals surface area contributed by atoms with Crippen molar-refractivity contribution in [3.05, 3.63) is 29.3 Å². The summed E-state index contributed by atoms with van der Waals surface area (Å²) in [7, 11) is 3.22. The van der Waals surface area contributed by atoms with Gasteiger partial charge in [0, 0.05) is 36.1 Å². The number of carbonyl (C=O) groups is 1. The Labute approximate surface area is 187 Å². The average Bonchev–Trinajstić information content (AvgIpc) is 3.34. The number of ether oxygens (including phenoxy) is 3. The molecule has 1 amide bonds. The van der Waals surface area contributed by atoms with Crippen LogP contribution in [0.3, 0.4) is 0 Å². The van der Waals surface area contributed by atoms with Crippen molar-refractivity contribution in [2.45, 2.75) is 37.6 Å². The zero-order valence-corrected chi connectivity index (χ0v) is 19.1. The third-order valence-corrected chi connectivity index (χ3v) is 7.30. The smallest absolute Gasteiger partial charge is 0.270 e. The van der Waals surface area contributed by atoms with Gasteiger partial charge < -0.3 is 19.5 Å². The molecule has 1 aliphatic heterocycles. The number of carbonyl (C=O) groups excluding carboxylic acids is 1. The highest BCUT2D eigenvalue weighted by Crippen LogP contribution is 2.35. The molecule has 1 aromatic heterocycles. The second-order valence-corrected chi connectivity index (χ2v) is 9.03. The average molecular weight is 446 g/mol. The maximum Gasteiger partial charge on any atom is 0.270 e. The third kappa shape index (κ3) is 4.86. The number of amides is 1. The predicted molar refractivity (Wildman–Crippen MR) is 121 cm³/mol. The van der Waals surface area contributed by atoms with E-state index in [1.807, 2.05) is 23.6 Å². The zero-order chi connectivity index (χ0) is 21.7. The van der Waals surface area contributed by atoms with Gasteiger partial charge in [-0.3, -0.25) is 9.69 Å². The molecule has 168 valence electrons. The number of morpholine rings is 1. The molecule has 0 spiro atoms. The van der Waals surface area contributed by atoms with E-state index in [-0.39, 0.29) is 11.4 Å². The van der Waals surface area contributed by atoms with Gasteiger partial charge in [-0.05, 0) is 31.0 Å². The summed E-state index contributed by atoms with van der Waals surface area (Å²) in [6.07, 6.45) is 5.96. The van der Waals surface area contributed by atoms with E-state index in [1.165, 1.54) is 30.6 Å². The lowest BCUT2D eigenvalue weighted by Crippen LogP contribution is -2.59. The number of nitrogens with one attached hydrogen (secondary N) is 1. The molecule has 2 aromatic rings. The number of aromatic nitrogens is 1. The fraction of sp³-hybridized carbons (Fsp3) is 0.565. The Morgan fingerprint density at radius 1 is 1.16 bits per heavy atom. The molecule has 2 aliphatic rings. The topological polar surface area (TPSA) is 72.9 Å². The SMILES string of the molecule is COc1ccc(-c2nc(C(=O)NCC3(N4CCOCC4)CCCCC3)cs2)cc1OC. The van der Waals surface area contributed by atoms with Gasteiger partial charge in [0.2, 0.25) is 0 Å². The molecule has 31 heavy (non-hydrogen) atoms. The van der Waals surface area contributed by atoms with E-state index in [2.05, 4.69) is 15.2 Å². The molecule has 0 unspecified atom stereocenters. The summed E-state index contributed by atoms with van der Waals surface area (Å²) in [5.74, 6) is 1.20. The van der Waals surface area contributed by atoms with Crippen LogP contribution in [0, 0.1) is 0 Å². The molecule has 7 nitrogen and oxygen atoms in total. The van der Waals surface area contributed by atoms with Gasteiger partial charge in [-0.25, -0.2) is 4.98 Å². The molecule has 2 heterocycles. The second kappa shape index (κ2) is 9.97. The van der Waals surface area contributed by atoms with Crippen LogP contribution in [0.25, 0.3) is 10.6 Å². The van der Waals surface area contributed by atoms with E-state index in [1.54, 1.807) is 14.2 Å². The first kappa shape index (κ1) is 22.0. The van der Waals surface area contributed by atoms with Crippen LogP contribution in [0.2, 0.25) is 0 Å². The number of nitrogens with zero attached hydrogens (tertiary/aromatic N) is 2. The van der Waals surface area contributed by atoms with Crippen molar-refractivity contribution in [1.29, 1.82) is 0 Å². The van der Waals surface area contributed by atoms with Gasteiger partial charge in [0.1, 0.15) is 10.7 Å². The van der Waals surface area contributed by atoms with Crippen LogP contribution >= 0.6 is 11.3 Å². The zero-order valence-electron chi connectivity index (χ0n) is 18.3. The van der Waals surface area contributed by atoms with Crippen molar-refractivity contribution in [3.8, 4) is 22.1 Å². The number of benzene rings is 1. The molecule has 1 N–H and O–H groups in total. The minimum absolute atomic E-state index is 0.0416. The molecule has 1 saturated carbocycles. The van der Waals surface area contributed by atoms with Crippen molar-refractivity contribution in [3.63, 3.8) is 0 Å². The molecule has 0 atom stereocenters. The highest BCUT2D eigenvalue weighted by Gasteiger charge is 2.39. The van der Waals surface area contributed by atoms with Crippen LogP contribution in [0.1, 0.15) is 42.6 Å². The number of rotatable bonds is 7. The number of hydrogen-bond acceptors (Lipinski definition) is 7. The van der Waals surface area contributed by atoms with Gasteiger partial charge in [-0.2, -0.15) is 0 Å². The summed E-state index contributed by atoms with van der Waals surface area (Å²) in [6, 6.07) is 5.66. The standard InChI is InChI=1S/C23H31N3O4S/c1-28-19-7-6-17(14-20(19)29-2)22-25-18(15-31-22)21(27)24-16-23(8-4-3-5-9-23)26-10-12-30-13-11-26/h6-7,14-15H,3-5,8-13,16H2,1-2H3,(H,24,27). The van der Waals surface area contributed by atoms with E-state index in [9.17, 15) is 4.79 Å². The number of thiazole rings is 1. The highest BCUT2D eigenvalue weighted by molar-refractivity contribution is 7.13. The fourth-order valence-electron chi connectivity index (χ4n) is 4.67. The van der Waals surface area contributed by atoms with Crippen molar-refractivity contribution in [2.75, 3.05) is 47.1 Å². The van der Waals surface area contributed by atoms with Crippen molar-refractivity contribution < 1.29 is 19.0 Å². The van der Waals surface area contributed by atoms with Crippen LogP contribution in [0.15, 0.2) is 23.6 Å². The third-order valence-electron chi connectivity index (χ3n) is 6.41. The van der Waals surface area contributed by atoms with Gasteiger partial charge in [-0.15, -0.1) is 11.3 Å². The minimum Gasteiger partial charge on any atom is -0.493 e. The Hall–Kier alpha value is -2.16. The monoisotopic (exact) mass is 445 g/mol. The first-order valence-corrected chi connectivity index (χ1v) is 11.8. The number of methoxy groups -OCH3 is 2. The quantitative estimate of drug-likeness (QED) is 0.702. The van der Waals surface area contributed by atoms with Crippen LogP contribution in [-0.4, -0.2) is 68.4 Å². The van der Waals surface area contributed by atoms with E-state index >= 15 is 0 Å². The normalized spacial score (nSPS) is 19.0. The van der Waals surface area contributed by atoms with Gasteiger partial charge in [0.25, 0.3) is 5.91 Å². The maximum absolute atomic E-state index is 12.9. The molecule has 1 aromatic carbocycles. The second-order valence-electron chi connectivity index (χ2n) is 8.17. The predicted octanol–water partition coefficient (Wildman–Crippen LogP) is 3.59. The Bertz CT molecular complexity index is 889. The molecule has 1 saturated heterocycles. The van der Waals surface area contributed by atoms with Crippen LogP contribution in [0.5, 0.6) is 11.5 Å². The molecule has 2 fully saturated rings. The Morgan fingerprint density at radius 2 is 1.90 bits per heavy atom. The maximum atomic E-state index is 12.9. The van der Waals surface area contributed by atoms with E-state index < -0.39 is 0 Å². The van der Waals surface area contributed by atoms with Crippen LogP contribution in [-0.2, 0) is 4.74 Å². The Morgan fingerprint density at radius 3 is 2.61 bits per heavy atom. The first-order chi connectivity index (χ1) is 15.1. The van der Waals surface area contributed by atoms with Crippen molar-refractivity contribution >= 4 is 17.2 Å². The van der Waals surface area contributed by atoms with Gasteiger partial charge in [-0.1, -0.05) is 19.3 Å². The lowest BCUT2D eigenvalue weighted by atomic mass is 9.79. The molecule has 4 rings (SSSR count). The summed E-state index contributed by atoms with van der Waals surface area (Å²) >= 11 is 1.46. The lowest BCUT2D eigenvalue weighted by molar-refractivity contribution is -0.0361. The minimum atomic E-state index is -0.110. The van der Waals surface area contributed by atoms with Crippen molar-refractivity contribution in [2.24, 2.45) is 0 Å². The van der Waals surface area contributed by atoms with Gasteiger partial charge in [0.05, 0.1) is 27.4 Å². The van der Waals surface area contributed by atoms with Crippen LogP contribution < -0.4 is 14.8 Å². The summed E-state index contributed by atoms with van der Waals surface area (Å²) in [4.78, 5) is 20.0. The molecular formula is C23H31N3O4S. The summed E-state index contributed by atoms with van der Waals surface area (Å²) in [5.41, 5.74) is 1.40. The summed E-state index contributed by atoms with van der Waals surface area (Å²) < 4.78 is 16.2. The molecule has 0 bridgehead atoms. The fourth-order valence-corrected chi connectivity index (χ4v) is 5.46. The summed E-state index contributed by atoms with van der Waals surface area (Å²) in [6.45, 7) is 4.09. The molecule has 8 heteroatoms. The van der Waals surface area contributed by atoms with Gasteiger partial charge in [0.15, 0.2) is 11.5 Å². The Kier molecular flexibility index (Phi) is 7.09. The highest BCUT2D eigenvalue weighted by atomic mass is 32.1. The molecule has 0 radical (unpaired) electrons. The van der Waals surface area contributed by atoms with Crippen LogP contribution in [0.4, 0.5) is 0 Å². The molecular weight excluding hydrogens is 414 g/mol. The van der Waals surface area contributed by atoms with E-state index in [4.69, 9.17) is 14.2 Å². The molecule has 1 aliphatic carbocycles. The van der Waals surface area contributed by atoms with Crippen molar-refractivity contribution in [1.82, 2.24) is 15.2 Å². The Balaban J connectivity index is 1.45. The lowest BCUT2D eigenvalue weighted by Gasteiger charge is -2.48. The number of hydrogen-bond donors (Lipinski definition) is 1. The largest absolute Gasteiger partial charge is 0.493 e. The van der Waals surface area contributed by atoms with Gasteiger partial charge >= 0.3 is 0 Å². The summed E-state index contributed by atoms with van der Waals surface area (Å²) in [5, 5.41) is 5.80.